The molecule has 0 aliphatic heterocycles. The van der Waals surface area contributed by atoms with Gasteiger partial charge in [0.1, 0.15) is 11.3 Å². The van der Waals surface area contributed by atoms with Crippen molar-refractivity contribution in [2.24, 2.45) is 5.73 Å². The van der Waals surface area contributed by atoms with Gasteiger partial charge in [-0.05, 0) is 48.5 Å². The zero-order valence-corrected chi connectivity index (χ0v) is 24.7. The Kier molecular flexibility index (Phi) is 10.2. The van der Waals surface area contributed by atoms with Crippen molar-refractivity contribution in [1.82, 2.24) is 14.1 Å². The molecule has 0 bridgehead atoms. The number of primary amides is 1. The Morgan fingerprint density at radius 3 is 2.17 bits per heavy atom. The van der Waals surface area contributed by atoms with Crippen LogP contribution < -0.4 is 31.2 Å². The molecule has 1 amide bonds. The average molecular weight is 665 g/mol. The molecule has 0 saturated heterocycles. The predicted molar refractivity (Wildman–Crippen MR) is 155 cm³/mol. The molecule has 2 heterocycles. The molecule has 0 fully saturated rings. The molecule has 4 aromatic rings. The van der Waals surface area contributed by atoms with E-state index < -0.39 is 82.2 Å². The number of nitrogens with two attached hydrogens (primary N) is 1. The fourth-order valence-corrected chi connectivity index (χ4v) is 3.75. The van der Waals surface area contributed by atoms with Gasteiger partial charge in [-0.1, -0.05) is 6.07 Å². The fourth-order valence-electron chi connectivity index (χ4n) is 3.75. The Balaban J connectivity index is 1.60. The molecule has 2 aromatic heterocycles. The van der Waals surface area contributed by atoms with E-state index in [0.29, 0.717) is 5.75 Å². The molecule has 0 radical (unpaired) electrons. The zero-order valence-electron chi connectivity index (χ0n) is 24.7. The first-order chi connectivity index (χ1) is 22.8. The number of carbonyl (C=O) groups is 6. The van der Waals surface area contributed by atoms with Crippen LogP contribution in [0.15, 0.2) is 76.4 Å². The van der Waals surface area contributed by atoms with Gasteiger partial charge in [0.05, 0.1) is 24.4 Å². The van der Waals surface area contributed by atoms with E-state index in [1.165, 1.54) is 31.4 Å². The van der Waals surface area contributed by atoms with Crippen molar-refractivity contribution in [2.75, 3.05) is 13.9 Å². The average Bonchev–Trinajstić information content (AvgIpc) is 3.06. The molecule has 48 heavy (non-hydrogen) atoms. The monoisotopic (exact) mass is 664 g/mol. The van der Waals surface area contributed by atoms with E-state index in [1.807, 2.05) is 0 Å². The van der Waals surface area contributed by atoms with Crippen LogP contribution in [-0.2, 0) is 14.3 Å². The molecule has 0 unspecified atom stereocenters. The summed E-state index contributed by atoms with van der Waals surface area (Å²) < 4.78 is 38.4. The molecule has 4 rings (SSSR count). The van der Waals surface area contributed by atoms with Crippen molar-refractivity contribution < 1.29 is 56.8 Å². The molecule has 0 aliphatic rings. The minimum absolute atomic E-state index is 0.0539. The van der Waals surface area contributed by atoms with E-state index in [1.54, 1.807) is 0 Å². The second-order valence-corrected chi connectivity index (χ2v) is 9.19. The van der Waals surface area contributed by atoms with Crippen LogP contribution in [0.25, 0.3) is 0 Å². The Morgan fingerprint density at radius 2 is 1.52 bits per heavy atom. The van der Waals surface area contributed by atoms with Gasteiger partial charge in [-0.15, -0.1) is 0 Å². The fraction of sp³-hybridized carbons (Fsp3) is 0.100. The largest absolute Gasteiger partial charge is 0.497 e. The van der Waals surface area contributed by atoms with Crippen molar-refractivity contribution >= 4 is 35.8 Å². The lowest BCUT2D eigenvalue weighted by Gasteiger charge is -2.11. The summed E-state index contributed by atoms with van der Waals surface area (Å²) in [5, 5.41) is 0. The highest BCUT2D eigenvalue weighted by atomic mass is 19.1. The lowest BCUT2D eigenvalue weighted by Crippen LogP contribution is -2.47. The number of carbonyl (C=O) groups excluding carboxylic acids is 6. The Labute approximate surface area is 266 Å². The summed E-state index contributed by atoms with van der Waals surface area (Å²) in [7, 11) is 1.44. The summed E-state index contributed by atoms with van der Waals surface area (Å²) in [6.45, 7) is 0.0361. The quantitative estimate of drug-likeness (QED) is 0.196. The van der Waals surface area contributed by atoms with E-state index >= 15 is 0 Å². The van der Waals surface area contributed by atoms with Crippen LogP contribution >= 0.6 is 0 Å². The lowest BCUT2D eigenvalue weighted by molar-refractivity contribution is -0.149. The predicted octanol–water partition coefficient (Wildman–Crippen LogP) is 1.28. The minimum Gasteiger partial charge on any atom is -0.497 e. The van der Waals surface area contributed by atoms with E-state index in [4.69, 9.17) is 19.9 Å². The lowest BCUT2D eigenvalue weighted by atomic mass is 10.1. The zero-order chi connectivity index (χ0) is 35.1. The summed E-state index contributed by atoms with van der Waals surface area (Å²) in [6.07, 6.45) is -1.42. The second-order valence-electron chi connectivity index (χ2n) is 9.19. The number of ether oxygens (including phenoxy) is 5. The van der Waals surface area contributed by atoms with Crippen LogP contribution in [0.1, 0.15) is 48.4 Å². The number of halogens is 1. The third-order valence-corrected chi connectivity index (χ3v) is 6.05. The van der Waals surface area contributed by atoms with Crippen LogP contribution in [0.3, 0.4) is 0 Å². The van der Waals surface area contributed by atoms with Crippen LogP contribution in [0.4, 0.5) is 9.18 Å². The summed E-state index contributed by atoms with van der Waals surface area (Å²) in [5.74, 6) is -7.78. The summed E-state index contributed by atoms with van der Waals surface area (Å²) in [4.78, 5) is 103. The van der Waals surface area contributed by atoms with Crippen molar-refractivity contribution in [3.05, 3.63) is 116 Å². The van der Waals surface area contributed by atoms with Gasteiger partial charge in [0.25, 0.3) is 17.4 Å². The van der Waals surface area contributed by atoms with Crippen molar-refractivity contribution in [3.8, 4) is 17.5 Å². The van der Waals surface area contributed by atoms with Gasteiger partial charge < -0.3 is 29.4 Å². The number of benzene rings is 2. The maximum Gasteiger partial charge on any atom is 0.425 e. The van der Waals surface area contributed by atoms with Crippen molar-refractivity contribution in [2.45, 2.75) is 6.92 Å². The maximum atomic E-state index is 14.4. The molecule has 17 nitrogen and oxygen atoms in total. The van der Waals surface area contributed by atoms with Crippen LogP contribution in [0.5, 0.6) is 17.5 Å². The van der Waals surface area contributed by atoms with Gasteiger partial charge in [0.15, 0.2) is 0 Å². The third-order valence-electron chi connectivity index (χ3n) is 6.05. The number of amides is 1. The number of aromatic nitrogens is 3. The normalized spacial score (nSPS) is 10.4. The summed E-state index contributed by atoms with van der Waals surface area (Å²) in [6, 6.07) is 12.2. The highest BCUT2D eigenvalue weighted by Crippen LogP contribution is 2.23. The number of esters is 3. The number of hydrogen-bond acceptors (Lipinski definition) is 14. The SMILES string of the molecule is COc1ccc(C(=O)Oc2ccc(C(N)=O)c(OC(=O)c3cccc(C(=O)n4c(=O)c(F)cn(C(=O)OCOC(C)=O)c4=O)c3)n2)cc1. The molecule has 0 spiro atoms. The van der Waals surface area contributed by atoms with E-state index in [9.17, 15) is 42.7 Å². The van der Waals surface area contributed by atoms with E-state index in [-0.39, 0.29) is 26.8 Å². The highest BCUT2D eigenvalue weighted by molar-refractivity contribution is 6.00. The Bertz CT molecular complexity index is 2090. The molecule has 2 N–H and O–H groups in total. The Hall–Kier alpha value is -6.98. The first-order valence-electron chi connectivity index (χ1n) is 13.2. The first-order valence-corrected chi connectivity index (χ1v) is 13.2. The van der Waals surface area contributed by atoms with Crippen molar-refractivity contribution in [3.63, 3.8) is 0 Å². The Morgan fingerprint density at radius 1 is 0.854 bits per heavy atom. The molecular weight excluding hydrogens is 643 g/mol. The third kappa shape index (κ3) is 7.62. The smallest absolute Gasteiger partial charge is 0.425 e. The highest BCUT2D eigenvalue weighted by Gasteiger charge is 2.24. The maximum absolute atomic E-state index is 14.4. The summed E-state index contributed by atoms with van der Waals surface area (Å²) in [5.41, 5.74) is 0.757. The van der Waals surface area contributed by atoms with E-state index in [2.05, 4.69) is 14.5 Å². The number of nitrogens with zero attached hydrogens (tertiary/aromatic N) is 3. The van der Waals surface area contributed by atoms with Gasteiger partial charge in [-0.3, -0.25) is 19.2 Å². The van der Waals surface area contributed by atoms with E-state index in [0.717, 1.165) is 43.3 Å². The van der Waals surface area contributed by atoms with Gasteiger partial charge >= 0.3 is 29.7 Å². The van der Waals surface area contributed by atoms with Gasteiger partial charge in [-0.2, -0.15) is 18.5 Å². The second kappa shape index (κ2) is 14.4. The van der Waals surface area contributed by atoms with Crippen LogP contribution in [-0.4, -0.2) is 63.8 Å². The number of hydrogen-bond donors (Lipinski definition) is 1. The first kappa shape index (κ1) is 33.9. The standard InChI is InChI=1S/C30H21FN4O13/c1-15(36)45-14-46-30(43)34-13-21(31)26(39)35(29(34)42)25(38)17-4-3-5-18(12-17)28(41)48-24-20(23(32)37)10-11-22(33-24)47-27(40)16-6-8-19(44-2)9-7-16/h3-13H,14H2,1-2H3,(H2,32,37). The van der Waals surface area contributed by atoms with Gasteiger partial charge in [-0.25, -0.2) is 19.2 Å². The molecule has 246 valence electrons. The number of pyridine rings is 1. The molecule has 0 atom stereocenters. The molecule has 0 aliphatic carbocycles. The van der Waals surface area contributed by atoms with Crippen molar-refractivity contribution in [1.29, 1.82) is 0 Å². The van der Waals surface area contributed by atoms with Gasteiger partial charge in [0.2, 0.25) is 24.4 Å². The van der Waals surface area contributed by atoms with Gasteiger partial charge in [0, 0.05) is 18.6 Å². The van der Waals surface area contributed by atoms with Crippen LogP contribution in [0, 0.1) is 5.82 Å². The minimum atomic E-state index is -1.74. The molecule has 2 aromatic carbocycles. The van der Waals surface area contributed by atoms with Crippen LogP contribution in [0.2, 0.25) is 0 Å². The number of methoxy groups -OCH3 is 1. The molecular formula is C30H21FN4O13. The molecule has 18 heteroatoms. The topological polar surface area (TPSA) is 231 Å². The molecule has 0 saturated carbocycles. The number of rotatable bonds is 9. The summed E-state index contributed by atoms with van der Waals surface area (Å²) >= 11 is 0.